The van der Waals surface area contributed by atoms with Crippen LogP contribution in [-0.4, -0.2) is 17.5 Å². The number of nitrogens with two attached hydrogens (primary N) is 1. The normalized spacial score (nSPS) is 12.2. The molecule has 2 rings (SSSR count). The van der Waals surface area contributed by atoms with E-state index >= 15 is 0 Å². The molecule has 2 aromatic rings. The number of hydrogen-bond acceptors (Lipinski definition) is 2. The summed E-state index contributed by atoms with van der Waals surface area (Å²) < 4.78 is 1.07. The predicted octanol–water partition coefficient (Wildman–Crippen LogP) is 3.55. The topological polar surface area (TPSA) is 63.3 Å². The van der Waals surface area contributed by atoms with Gasteiger partial charge in [0.25, 0.3) is 0 Å². The van der Waals surface area contributed by atoms with Gasteiger partial charge in [0.15, 0.2) is 5.96 Å². The fourth-order valence-electron chi connectivity index (χ4n) is 1.89. The summed E-state index contributed by atoms with van der Waals surface area (Å²) >= 11 is 3.50. The van der Waals surface area contributed by atoms with E-state index in [0.29, 0.717) is 18.3 Å². The largest absolute Gasteiger partial charge is 0.370 e. The molecule has 0 saturated carbocycles. The number of pyridine rings is 1. The standard InChI is InChI=1S/C16H19BrN4/c1-16(2,12-6-5-7-13(17)10-12)11-20-15(18)21-14-8-3-4-9-19-14/h3-10H,11H2,1-2H3,(H3,18,19,20,21). The molecule has 0 unspecified atom stereocenters. The van der Waals surface area contributed by atoms with Crippen molar-refractivity contribution in [3.8, 4) is 0 Å². The van der Waals surface area contributed by atoms with Crippen LogP contribution < -0.4 is 11.1 Å². The molecule has 0 fully saturated rings. The van der Waals surface area contributed by atoms with Gasteiger partial charge in [-0.3, -0.25) is 4.99 Å². The molecule has 0 saturated heterocycles. The number of aromatic nitrogens is 1. The van der Waals surface area contributed by atoms with Crippen molar-refractivity contribution in [3.63, 3.8) is 0 Å². The molecule has 4 nitrogen and oxygen atoms in total. The molecule has 0 aliphatic rings. The molecule has 5 heteroatoms. The zero-order chi connectivity index (χ0) is 15.3. The van der Waals surface area contributed by atoms with Gasteiger partial charge in [-0.1, -0.05) is 48.0 Å². The Morgan fingerprint density at radius 2 is 2.10 bits per heavy atom. The van der Waals surface area contributed by atoms with Crippen LogP contribution >= 0.6 is 15.9 Å². The molecule has 1 heterocycles. The van der Waals surface area contributed by atoms with Crippen molar-refractivity contribution in [2.75, 3.05) is 11.9 Å². The second kappa shape index (κ2) is 6.72. The van der Waals surface area contributed by atoms with Crippen molar-refractivity contribution in [2.45, 2.75) is 19.3 Å². The first-order chi connectivity index (χ1) is 9.97. The minimum Gasteiger partial charge on any atom is -0.370 e. The van der Waals surface area contributed by atoms with E-state index in [1.54, 1.807) is 6.20 Å². The van der Waals surface area contributed by atoms with E-state index in [9.17, 15) is 0 Å². The van der Waals surface area contributed by atoms with Crippen LogP contribution in [0.5, 0.6) is 0 Å². The first kappa shape index (κ1) is 15.5. The molecule has 0 aliphatic carbocycles. The summed E-state index contributed by atoms with van der Waals surface area (Å²) in [5, 5.41) is 2.98. The number of hydrogen-bond donors (Lipinski definition) is 2. The van der Waals surface area contributed by atoms with Gasteiger partial charge >= 0.3 is 0 Å². The number of guanidine groups is 1. The number of anilines is 1. The molecule has 0 amide bonds. The highest BCUT2D eigenvalue weighted by atomic mass is 79.9. The zero-order valence-corrected chi connectivity index (χ0v) is 13.8. The van der Waals surface area contributed by atoms with Crippen LogP contribution in [0.25, 0.3) is 0 Å². The number of nitrogens with one attached hydrogen (secondary N) is 1. The number of halogens is 1. The Balaban J connectivity index is 2.04. The first-order valence-corrected chi connectivity index (χ1v) is 7.51. The van der Waals surface area contributed by atoms with Crippen LogP contribution in [0, 0.1) is 0 Å². The van der Waals surface area contributed by atoms with Crippen LogP contribution in [-0.2, 0) is 5.41 Å². The first-order valence-electron chi connectivity index (χ1n) is 6.71. The van der Waals surface area contributed by atoms with Crippen LogP contribution in [0.15, 0.2) is 58.1 Å². The van der Waals surface area contributed by atoms with E-state index in [-0.39, 0.29) is 5.41 Å². The maximum absolute atomic E-state index is 5.91. The molecule has 0 atom stereocenters. The third-order valence-corrected chi connectivity index (χ3v) is 3.67. The number of nitrogens with zero attached hydrogens (tertiary/aromatic N) is 2. The van der Waals surface area contributed by atoms with Gasteiger partial charge in [-0.25, -0.2) is 4.98 Å². The Morgan fingerprint density at radius 1 is 1.29 bits per heavy atom. The Bertz CT molecular complexity index is 623. The third kappa shape index (κ3) is 4.56. The lowest BCUT2D eigenvalue weighted by molar-refractivity contribution is 0.540. The number of rotatable bonds is 4. The fourth-order valence-corrected chi connectivity index (χ4v) is 2.29. The van der Waals surface area contributed by atoms with E-state index < -0.39 is 0 Å². The molecule has 0 spiro atoms. The monoisotopic (exact) mass is 346 g/mol. The van der Waals surface area contributed by atoms with E-state index in [1.807, 2.05) is 30.3 Å². The lowest BCUT2D eigenvalue weighted by Crippen LogP contribution is -2.28. The highest BCUT2D eigenvalue weighted by Crippen LogP contribution is 2.26. The fraction of sp³-hybridized carbons (Fsp3) is 0.250. The molecular weight excluding hydrogens is 328 g/mol. The van der Waals surface area contributed by atoms with Gasteiger partial charge in [-0.05, 0) is 29.8 Å². The van der Waals surface area contributed by atoms with Gasteiger partial charge in [-0.15, -0.1) is 0 Å². The maximum atomic E-state index is 5.91. The van der Waals surface area contributed by atoms with Crippen molar-refractivity contribution in [3.05, 3.63) is 58.7 Å². The summed E-state index contributed by atoms with van der Waals surface area (Å²) in [6, 6.07) is 13.9. The van der Waals surface area contributed by atoms with Gasteiger partial charge in [0.1, 0.15) is 5.82 Å². The molecule has 21 heavy (non-hydrogen) atoms. The maximum Gasteiger partial charge on any atom is 0.194 e. The van der Waals surface area contributed by atoms with Crippen LogP contribution in [0.1, 0.15) is 19.4 Å². The second-order valence-corrected chi connectivity index (χ2v) is 6.35. The molecular formula is C16H19BrN4. The number of benzene rings is 1. The molecule has 3 N–H and O–H groups in total. The Hall–Kier alpha value is -1.88. The lowest BCUT2D eigenvalue weighted by Gasteiger charge is -2.23. The molecule has 1 aromatic carbocycles. The van der Waals surface area contributed by atoms with Crippen molar-refractivity contribution in [1.82, 2.24) is 4.98 Å². The average Bonchev–Trinajstić information content (AvgIpc) is 2.46. The Kier molecular flexibility index (Phi) is 4.96. The third-order valence-electron chi connectivity index (χ3n) is 3.17. The average molecular weight is 347 g/mol. The summed E-state index contributed by atoms with van der Waals surface area (Å²) in [6.45, 7) is 4.88. The molecule has 110 valence electrons. The Morgan fingerprint density at radius 3 is 2.76 bits per heavy atom. The second-order valence-electron chi connectivity index (χ2n) is 5.44. The Labute approximate surface area is 133 Å². The van der Waals surface area contributed by atoms with Crippen LogP contribution in [0.2, 0.25) is 0 Å². The summed E-state index contributed by atoms with van der Waals surface area (Å²) in [7, 11) is 0. The van der Waals surface area contributed by atoms with Gasteiger partial charge in [0.05, 0.1) is 6.54 Å². The van der Waals surface area contributed by atoms with Crippen molar-refractivity contribution in [2.24, 2.45) is 10.7 Å². The molecule has 0 aliphatic heterocycles. The summed E-state index contributed by atoms with van der Waals surface area (Å²) in [4.78, 5) is 8.58. The van der Waals surface area contributed by atoms with Crippen LogP contribution in [0.3, 0.4) is 0 Å². The predicted molar refractivity (Wildman–Crippen MR) is 91.5 cm³/mol. The summed E-state index contributed by atoms with van der Waals surface area (Å²) in [6.07, 6.45) is 1.71. The van der Waals surface area contributed by atoms with Crippen molar-refractivity contribution < 1.29 is 0 Å². The van der Waals surface area contributed by atoms with Gasteiger partial charge in [-0.2, -0.15) is 0 Å². The van der Waals surface area contributed by atoms with Crippen LogP contribution in [0.4, 0.5) is 5.82 Å². The van der Waals surface area contributed by atoms with Crippen molar-refractivity contribution in [1.29, 1.82) is 0 Å². The van der Waals surface area contributed by atoms with Gasteiger partial charge in [0, 0.05) is 16.1 Å². The molecule has 0 radical (unpaired) electrons. The van der Waals surface area contributed by atoms with Gasteiger partial charge in [0.2, 0.25) is 0 Å². The molecule has 1 aromatic heterocycles. The van der Waals surface area contributed by atoms with Gasteiger partial charge < -0.3 is 11.1 Å². The zero-order valence-electron chi connectivity index (χ0n) is 12.2. The SMILES string of the molecule is CC(C)(CN=C(N)Nc1ccccn1)c1cccc(Br)c1. The van der Waals surface area contributed by atoms with E-state index in [2.05, 4.69) is 57.2 Å². The minimum absolute atomic E-state index is 0.0970. The quantitative estimate of drug-likeness (QED) is 0.657. The summed E-state index contributed by atoms with van der Waals surface area (Å²) in [5.74, 6) is 1.07. The summed E-state index contributed by atoms with van der Waals surface area (Å²) in [5.41, 5.74) is 7.03. The van der Waals surface area contributed by atoms with Crippen molar-refractivity contribution >= 4 is 27.7 Å². The lowest BCUT2D eigenvalue weighted by atomic mass is 9.85. The molecule has 0 bridgehead atoms. The van der Waals surface area contributed by atoms with E-state index in [0.717, 1.165) is 4.47 Å². The number of aliphatic imine (C=N–C) groups is 1. The highest BCUT2D eigenvalue weighted by Gasteiger charge is 2.20. The highest BCUT2D eigenvalue weighted by molar-refractivity contribution is 9.10. The van der Waals surface area contributed by atoms with E-state index in [4.69, 9.17) is 5.73 Å². The smallest absolute Gasteiger partial charge is 0.194 e. The minimum atomic E-state index is -0.0970. The van der Waals surface area contributed by atoms with E-state index in [1.165, 1.54) is 5.56 Å².